The van der Waals surface area contributed by atoms with Crippen molar-refractivity contribution in [1.29, 1.82) is 0 Å². The number of benzene rings is 2. The van der Waals surface area contributed by atoms with E-state index in [4.69, 9.17) is 4.74 Å². The molecule has 0 saturated heterocycles. The number of rotatable bonds is 5. The minimum absolute atomic E-state index is 0.233. The van der Waals surface area contributed by atoms with Crippen molar-refractivity contribution in [2.45, 2.75) is 13.5 Å². The maximum atomic E-state index is 11.6. The first-order valence-corrected chi connectivity index (χ1v) is 7.45. The molecule has 0 aromatic heterocycles. The Balaban J connectivity index is 1.61. The van der Waals surface area contributed by atoms with E-state index < -0.39 is 0 Å². The van der Waals surface area contributed by atoms with Crippen molar-refractivity contribution < 1.29 is 9.53 Å². The molecule has 0 radical (unpaired) electrons. The van der Waals surface area contributed by atoms with Gasteiger partial charge in [0.25, 0.3) is 0 Å². The minimum atomic E-state index is -0.233. The second-order valence-electron chi connectivity index (χ2n) is 4.93. The minimum Gasteiger partial charge on any atom is -0.481 e. The van der Waals surface area contributed by atoms with E-state index in [2.05, 4.69) is 22.5 Å². The van der Waals surface area contributed by atoms with Gasteiger partial charge in [0.05, 0.1) is 6.54 Å². The molecule has 2 N–H and O–H groups in total. The van der Waals surface area contributed by atoms with Crippen molar-refractivity contribution in [3.05, 3.63) is 65.7 Å². The van der Waals surface area contributed by atoms with Gasteiger partial charge in [-0.15, -0.1) is 0 Å². The van der Waals surface area contributed by atoms with Crippen LogP contribution in [0.5, 0.6) is 5.75 Å². The molecule has 4 heteroatoms. The van der Waals surface area contributed by atoms with Gasteiger partial charge in [0.15, 0.2) is 0 Å². The predicted molar refractivity (Wildman–Crippen MR) is 91.1 cm³/mol. The van der Waals surface area contributed by atoms with Crippen molar-refractivity contribution in [2.75, 3.05) is 13.2 Å². The summed E-state index contributed by atoms with van der Waals surface area (Å²) in [7, 11) is 0. The fraction of sp³-hybridized carbons (Fsp3) is 0.211. The highest BCUT2D eigenvalue weighted by Crippen LogP contribution is 2.15. The molecular formula is C19H20N2O2. The lowest BCUT2D eigenvalue weighted by Crippen LogP contribution is -2.35. The van der Waals surface area contributed by atoms with Gasteiger partial charge in [-0.25, -0.2) is 4.79 Å². The standard InChI is InChI=1S/C19H20N2O2/c1-16-9-5-6-12-18(16)23-14-8-7-13-20-19(22)21-15-17-10-3-2-4-11-17/h2-6,9-12H,13-15H2,1H3,(H2,20,21,22). The Morgan fingerprint density at radius 2 is 1.74 bits per heavy atom. The third-order valence-electron chi connectivity index (χ3n) is 3.15. The molecule has 0 aliphatic carbocycles. The third-order valence-corrected chi connectivity index (χ3v) is 3.15. The molecule has 0 aliphatic rings. The molecule has 2 aromatic carbocycles. The Labute approximate surface area is 136 Å². The van der Waals surface area contributed by atoms with Crippen LogP contribution in [0.1, 0.15) is 11.1 Å². The van der Waals surface area contributed by atoms with E-state index in [1.807, 2.05) is 61.5 Å². The van der Waals surface area contributed by atoms with Crippen LogP contribution in [0.3, 0.4) is 0 Å². The molecule has 0 unspecified atom stereocenters. The summed E-state index contributed by atoms with van der Waals surface area (Å²) < 4.78 is 5.55. The van der Waals surface area contributed by atoms with Crippen LogP contribution < -0.4 is 15.4 Å². The number of carbonyl (C=O) groups excluding carboxylic acids is 1. The fourth-order valence-electron chi connectivity index (χ4n) is 1.91. The largest absolute Gasteiger partial charge is 0.481 e. The van der Waals surface area contributed by atoms with Crippen LogP contribution >= 0.6 is 0 Å². The Hall–Kier alpha value is -2.93. The second-order valence-corrected chi connectivity index (χ2v) is 4.93. The smallest absolute Gasteiger partial charge is 0.315 e. The molecule has 0 saturated carbocycles. The van der Waals surface area contributed by atoms with Crippen molar-refractivity contribution in [3.63, 3.8) is 0 Å². The average molecular weight is 308 g/mol. The Kier molecular flexibility index (Phi) is 6.55. The van der Waals surface area contributed by atoms with Gasteiger partial charge < -0.3 is 15.4 Å². The van der Waals surface area contributed by atoms with E-state index in [0.29, 0.717) is 13.2 Å². The summed E-state index contributed by atoms with van der Waals surface area (Å²) in [6.07, 6.45) is 0. The number of para-hydroxylation sites is 1. The second kappa shape index (κ2) is 9.16. The highest BCUT2D eigenvalue weighted by Gasteiger charge is 1.98. The summed E-state index contributed by atoms with van der Waals surface area (Å²) in [5.74, 6) is 6.56. The topological polar surface area (TPSA) is 50.4 Å². The van der Waals surface area contributed by atoms with E-state index in [9.17, 15) is 4.79 Å². The zero-order chi connectivity index (χ0) is 16.3. The van der Waals surface area contributed by atoms with Crippen LogP contribution in [0.15, 0.2) is 54.6 Å². The number of aryl methyl sites for hydroxylation is 1. The number of amides is 2. The lowest BCUT2D eigenvalue weighted by Gasteiger charge is -2.05. The number of nitrogens with one attached hydrogen (secondary N) is 2. The van der Waals surface area contributed by atoms with Gasteiger partial charge in [0.1, 0.15) is 12.4 Å². The molecule has 2 aromatic rings. The first kappa shape index (κ1) is 16.4. The first-order valence-electron chi connectivity index (χ1n) is 7.45. The number of urea groups is 1. The molecule has 0 bridgehead atoms. The number of hydrogen-bond acceptors (Lipinski definition) is 2. The molecule has 0 spiro atoms. The van der Waals surface area contributed by atoms with Crippen molar-refractivity contribution in [2.24, 2.45) is 0 Å². The van der Waals surface area contributed by atoms with Gasteiger partial charge in [-0.3, -0.25) is 0 Å². The Morgan fingerprint density at radius 1 is 1.00 bits per heavy atom. The van der Waals surface area contributed by atoms with Crippen LogP contribution in [0.2, 0.25) is 0 Å². The molecule has 0 aliphatic heterocycles. The molecule has 0 atom stereocenters. The summed E-state index contributed by atoms with van der Waals surface area (Å²) in [6, 6.07) is 17.3. The first-order chi connectivity index (χ1) is 11.3. The van der Waals surface area contributed by atoms with Crippen LogP contribution in [0, 0.1) is 18.8 Å². The van der Waals surface area contributed by atoms with Gasteiger partial charge in [0.2, 0.25) is 0 Å². The number of hydrogen-bond donors (Lipinski definition) is 2. The van der Waals surface area contributed by atoms with Gasteiger partial charge in [-0.05, 0) is 24.1 Å². The normalized spacial score (nSPS) is 9.43. The average Bonchev–Trinajstić information content (AvgIpc) is 2.58. The summed E-state index contributed by atoms with van der Waals surface area (Å²) in [5, 5.41) is 5.46. The lowest BCUT2D eigenvalue weighted by atomic mass is 10.2. The van der Waals surface area contributed by atoms with E-state index >= 15 is 0 Å². The predicted octanol–water partition coefficient (Wildman–Crippen LogP) is 2.88. The summed E-state index contributed by atoms with van der Waals surface area (Å²) in [4.78, 5) is 11.6. The van der Waals surface area contributed by atoms with Crippen LogP contribution in [-0.4, -0.2) is 19.2 Å². The van der Waals surface area contributed by atoms with Gasteiger partial charge in [-0.2, -0.15) is 0 Å². The van der Waals surface area contributed by atoms with E-state index in [-0.39, 0.29) is 12.6 Å². The molecule has 118 valence electrons. The zero-order valence-corrected chi connectivity index (χ0v) is 13.1. The van der Waals surface area contributed by atoms with Gasteiger partial charge in [0, 0.05) is 6.54 Å². The monoisotopic (exact) mass is 308 g/mol. The van der Waals surface area contributed by atoms with Crippen LogP contribution in [0.25, 0.3) is 0 Å². The van der Waals surface area contributed by atoms with E-state index in [0.717, 1.165) is 16.9 Å². The van der Waals surface area contributed by atoms with Crippen LogP contribution in [0.4, 0.5) is 4.79 Å². The van der Waals surface area contributed by atoms with Gasteiger partial charge in [-0.1, -0.05) is 60.4 Å². The molecule has 23 heavy (non-hydrogen) atoms. The Morgan fingerprint density at radius 3 is 2.52 bits per heavy atom. The summed E-state index contributed by atoms with van der Waals surface area (Å²) >= 11 is 0. The molecule has 4 nitrogen and oxygen atoms in total. The Bertz CT molecular complexity index is 687. The van der Waals surface area contributed by atoms with Crippen molar-refractivity contribution in [3.8, 4) is 17.6 Å². The van der Waals surface area contributed by atoms with E-state index in [1.54, 1.807) is 0 Å². The summed E-state index contributed by atoms with van der Waals surface area (Å²) in [5.41, 5.74) is 2.13. The van der Waals surface area contributed by atoms with Gasteiger partial charge >= 0.3 is 6.03 Å². The highest BCUT2D eigenvalue weighted by atomic mass is 16.5. The van der Waals surface area contributed by atoms with Crippen molar-refractivity contribution in [1.82, 2.24) is 10.6 Å². The molecule has 0 heterocycles. The molecular weight excluding hydrogens is 288 g/mol. The van der Waals surface area contributed by atoms with E-state index in [1.165, 1.54) is 0 Å². The maximum Gasteiger partial charge on any atom is 0.315 e. The molecule has 2 amide bonds. The number of ether oxygens (including phenoxy) is 1. The lowest BCUT2D eigenvalue weighted by molar-refractivity contribution is 0.241. The SMILES string of the molecule is Cc1ccccc1OCC#CCNC(=O)NCc1ccccc1. The maximum absolute atomic E-state index is 11.6. The zero-order valence-electron chi connectivity index (χ0n) is 13.1. The fourth-order valence-corrected chi connectivity index (χ4v) is 1.91. The third kappa shape index (κ3) is 6.15. The quantitative estimate of drug-likeness (QED) is 0.835. The molecule has 0 fully saturated rings. The molecule has 2 rings (SSSR count). The highest BCUT2D eigenvalue weighted by molar-refractivity contribution is 5.74. The van der Waals surface area contributed by atoms with Crippen molar-refractivity contribution >= 4 is 6.03 Å². The van der Waals surface area contributed by atoms with Crippen LogP contribution in [-0.2, 0) is 6.54 Å². The summed E-state index contributed by atoms with van der Waals surface area (Å²) in [6.45, 7) is 3.08. The number of carbonyl (C=O) groups is 1.